The summed E-state index contributed by atoms with van der Waals surface area (Å²) in [4.78, 5) is 25.2. The Labute approximate surface area is 199 Å². The molecule has 2 aromatic rings. The molecule has 0 aliphatic carbocycles. The first-order valence-electron chi connectivity index (χ1n) is 11.2. The van der Waals surface area contributed by atoms with Gasteiger partial charge in [0.05, 0.1) is 10.8 Å². The molecule has 4 rings (SSSR count). The SMILES string of the molecule is Cc1ccc(S(=O)(=O)N2CCC(C(=O)O[C@@H](C)C(=O)NCc3ccc4c(c3)OCO4)CC2)cc1. The summed E-state index contributed by atoms with van der Waals surface area (Å²) in [5.41, 5.74) is 1.81. The summed E-state index contributed by atoms with van der Waals surface area (Å²) < 4.78 is 43.0. The molecule has 0 saturated carbocycles. The molecule has 0 unspecified atom stereocenters. The van der Waals surface area contributed by atoms with Gasteiger partial charge < -0.3 is 19.5 Å². The monoisotopic (exact) mass is 488 g/mol. The first-order chi connectivity index (χ1) is 16.2. The van der Waals surface area contributed by atoms with E-state index in [1.54, 1.807) is 36.4 Å². The topological polar surface area (TPSA) is 111 Å². The molecular formula is C24H28N2O7S. The average molecular weight is 489 g/mol. The first-order valence-corrected chi connectivity index (χ1v) is 12.6. The van der Waals surface area contributed by atoms with Crippen LogP contribution in [0.5, 0.6) is 11.5 Å². The van der Waals surface area contributed by atoms with Crippen LogP contribution in [-0.2, 0) is 30.9 Å². The molecule has 2 aliphatic heterocycles. The minimum atomic E-state index is -3.60. The highest BCUT2D eigenvalue weighted by molar-refractivity contribution is 7.89. The van der Waals surface area contributed by atoms with E-state index in [-0.39, 0.29) is 31.3 Å². The minimum Gasteiger partial charge on any atom is -0.454 e. The summed E-state index contributed by atoms with van der Waals surface area (Å²) in [6.07, 6.45) is -0.277. The number of amides is 1. The van der Waals surface area contributed by atoms with E-state index >= 15 is 0 Å². The van der Waals surface area contributed by atoms with Crippen LogP contribution in [0.3, 0.4) is 0 Å². The number of rotatable bonds is 7. The third-order valence-corrected chi connectivity index (χ3v) is 7.92. The molecule has 34 heavy (non-hydrogen) atoms. The molecule has 182 valence electrons. The Balaban J connectivity index is 1.24. The number of nitrogens with one attached hydrogen (secondary N) is 1. The van der Waals surface area contributed by atoms with Gasteiger partial charge in [0, 0.05) is 19.6 Å². The van der Waals surface area contributed by atoms with Crippen molar-refractivity contribution in [2.45, 2.75) is 44.2 Å². The number of aryl methyl sites for hydroxylation is 1. The highest BCUT2D eigenvalue weighted by atomic mass is 32.2. The van der Waals surface area contributed by atoms with Crippen LogP contribution in [0.4, 0.5) is 0 Å². The number of hydrogen-bond acceptors (Lipinski definition) is 7. The third kappa shape index (κ3) is 5.34. The zero-order valence-electron chi connectivity index (χ0n) is 19.2. The van der Waals surface area contributed by atoms with Crippen molar-refractivity contribution in [3.63, 3.8) is 0 Å². The number of fused-ring (bicyclic) bond motifs is 1. The second-order valence-corrected chi connectivity index (χ2v) is 10.4. The number of benzene rings is 2. The van der Waals surface area contributed by atoms with Crippen LogP contribution in [0.15, 0.2) is 47.4 Å². The maximum Gasteiger partial charge on any atom is 0.309 e. The molecule has 10 heteroatoms. The second-order valence-electron chi connectivity index (χ2n) is 8.48. The highest BCUT2D eigenvalue weighted by Gasteiger charge is 2.34. The molecule has 9 nitrogen and oxygen atoms in total. The predicted molar refractivity (Wildman–Crippen MR) is 123 cm³/mol. The summed E-state index contributed by atoms with van der Waals surface area (Å²) in [5.74, 6) is -0.0610. The maximum absolute atomic E-state index is 12.8. The average Bonchev–Trinajstić information content (AvgIpc) is 3.30. The van der Waals surface area contributed by atoms with Gasteiger partial charge in [-0.15, -0.1) is 0 Å². The smallest absolute Gasteiger partial charge is 0.309 e. The number of carbonyl (C=O) groups is 2. The van der Waals surface area contributed by atoms with E-state index in [4.69, 9.17) is 14.2 Å². The molecule has 0 bridgehead atoms. The largest absolute Gasteiger partial charge is 0.454 e. The van der Waals surface area contributed by atoms with Gasteiger partial charge in [-0.1, -0.05) is 23.8 Å². The lowest BCUT2D eigenvalue weighted by Crippen LogP contribution is -2.42. The first kappa shape index (κ1) is 24.0. The third-order valence-electron chi connectivity index (χ3n) is 6.01. The van der Waals surface area contributed by atoms with E-state index in [2.05, 4.69) is 5.32 Å². The van der Waals surface area contributed by atoms with Crippen molar-refractivity contribution in [2.24, 2.45) is 5.92 Å². The number of hydrogen-bond donors (Lipinski definition) is 1. The van der Waals surface area contributed by atoms with E-state index in [0.29, 0.717) is 24.3 Å². The van der Waals surface area contributed by atoms with Crippen LogP contribution in [0.2, 0.25) is 0 Å². The molecular weight excluding hydrogens is 460 g/mol. The van der Waals surface area contributed by atoms with Gasteiger partial charge in [-0.05, 0) is 56.5 Å². The van der Waals surface area contributed by atoms with Gasteiger partial charge in [-0.25, -0.2) is 8.42 Å². The van der Waals surface area contributed by atoms with Gasteiger partial charge >= 0.3 is 5.97 Å². The number of sulfonamides is 1. The summed E-state index contributed by atoms with van der Waals surface area (Å²) in [5, 5.41) is 2.75. The standard InChI is InChI=1S/C24H28N2O7S/c1-16-3-6-20(7-4-16)34(29,30)26-11-9-19(10-12-26)24(28)33-17(2)23(27)25-14-18-5-8-21-22(13-18)32-15-31-21/h3-8,13,17,19H,9-12,14-15H2,1-2H3,(H,25,27)/t17-/m0/s1. The van der Waals surface area contributed by atoms with E-state index in [9.17, 15) is 18.0 Å². The Morgan fingerprint density at radius 3 is 2.47 bits per heavy atom. The van der Waals surface area contributed by atoms with Crippen LogP contribution in [0.1, 0.15) is 30.9 Å². The summed E-state index contributed by atoms with van der Waals surface area (Å²) >= 11 is 0. The number of piperidine rings is 1. The van der Waals surface area contributed by atoms with Crippen molar-refractivity contribution in [1.29, 1.82) is 0 Å². The molecule has 2 aromatic carbocycles. The van der Waals surface area contributed by atoms with E-state index in [1.807, 2.05) is 13.0 Å². The van der Waals surface area contributed by atoms with E-state index in [1.165, 1.54) is 11.2 Å². The van der Waals surface area contributed by atoms with Gasteiger partial charge in [0.2, 0.25) is 16.8 Å². The predicted octanol–water partition coefficient (Wildman–Crippen LogP) is 2.37. The van der Waals surface area contributed by atoms with Crippen LogP contribution >= 0.6 is 0 Å². The van der Waals surface area contributed by atoms with Gasteiger partial charge in [0.1, 0.15) is 0 Å². The van der Waals surface area contributed by atoms with Crippen molar-refractivity contribution < 1.29 is 32.2 Å². The molecule has 1 N–H and O–H groups in total. The quantitative estimate of drug-likeness (QED) is 0.596. The van der Waals surface area contributed by atoms with Gasteiger partial charge in [-0.2, -0.15) is 4.31 Å². The number of esters is 1. The molecule has 2 aliphatic rings. The van der Waals surface area contributed by atoms with Gasteiger partial charge in [-0.3, -0.25) is 9.59 Å². The van der Waals surface area contributed by atoms with E-state index < -0.39 is 33.9 Å². The fourth-order valence-corrected chi connectivity index (χ4v) is 5.37. The maximum atomic E-state index is 12.8. The normalized spacial score (nSPS) is 17.2. The van der Waals surface area contributed by atoms with Crippen LogP contribution in [0, 0.1) is 12.8 Å². The van der Waals surface area contributed by atoms with Crippen molar-refractivity contribution in [2.75, 3.05) is 19.9 Å². The lowest BCUT2D eigenvalue weighted by atomic mass is 9.98. The van der Waals surface area contributed by atoms with Crippen LogP contribution < -0.4 is 14.8 Å². The lowest BCUT2D eigenvalue weighted by Gasteiger charge is -2.30. The lowest BCUT2D eigenvalue weighted by molar-refractivity contribution is -0.159. The van der Waals surface area contributed by atoms with Crippen LogP contribution in [-0.4, -0.2) is 50.6 Å². The molecule has 1 atom stereocenters. The molecule has 2 heterocycles. The number of nitrogens with zero attached hydrogens (tertiary/aromatic N) is 1. The van der Waals surface area contributed by atoms with Gasteiger partial charge in [0.15, 0.2) is 17.6 Å². The zero-order valence-corrected chi connectivity index (χ0v) is 20.0. The van der Waals surface area contributed by atoms with Gasteiger partial charge in [0.25, 0.3) is 5.91 Å². The fourth-order valence-electron chi connectivity index (χ4n) is 3.90. The second kappa shape index (κ2) is 10.0. The Bertz CT molecular complexity index is 1160. The van der Waals surface area contributed by atoms with E-state index in [0.717, 1.165) is 11.1 Å². The molecule has 0 aromatic heterocycles. The van der Waals surface area contributed by atoms with Crippen molar-refractivity contribution in [1.82, 2.24) is 9.62 Å². The van der Waals surface area contributed by atoms with Crippen molar-refractivity contribution in [3.8, 4) is 11.5 Å². The summed E-state index contributed by atoms with van der Waals surface area (Å²) in [6, 6.07) is 12.1. The molecule has 1 fully saturated rings. The number of ether oxygens (including phenoxy) is 3. The molecule has 0 radical (unpaired) electrons. The Morgan fingerprint density at radius 1 is 1.09 bits per heavy atom. The van der Waals surface area contributed by atoms with Crippen molar-refractivity contribution >= 4 is 21.9 Å². The minimum absolute atomic E-state index is 0.176. The van der Waals surface area contributed by atoms with Crippen LogP contribution in [0.25, 0.3) is 0 Å². The molecule has 1 saturated heterocycles. The van der Waals surface area contributed by atoms with Crippen molar-refractivity contribution in [3.05, 3.63) is 53.6 Å². The zero-order chi connectivity index (χ0) is 24.3. The number of carbonyl (C=O) groups excluding carboxylic acids is 2. The Kier molecular flexibility index (Phi) is 7.08. The summed E-state index contributed by atoms with van der Waals surface area (Å²) in [6.45, 7) is 4.29. The molecule has 0 spiro atoms. The highest BCUT2D eigenvalue weighted by Crippen LogP contribution is 2.32. The summed E-state index contributed by atoms with van der Waals surface area (Å²) in [7, 11) is -3.60. The molecule has 1 amide bonds. The Morgan fingerprint density at radius 2 is 1.76 bits per heavy atom. The fraction of sp³-hybridized carbons (Fsp3) is 0.417. The Hall–Kier alpha value is -3.11.